The average molecular weight is 285 g/mol. The summed E-state index contributed by atoms with van der Waals surface area (Å²) in [6.07, 6.45) is 0. The highest BCUT2D eigenvalue weighted by Gasteiger charge is 2.09. The second kappa shape index (κ2) is 4.95. The molecule has 0 fully saturated rings. The van der Waals surface area contributed by atoms with Crippen molar-refractivity contribution in [1.29, 1.82) is 0 Å². The average Bonchev–Trinajstić information content (AvgIpc) is 2.67. The molecule has 3 aromatic rings. The lowest BCUT2D eigenvalue weighted by atomic mass is 10.1. The van der Waals surface area contributed by atoms with Crippen LogP contribution in [0.3, 0.4) is 0 Å². The molecule has 0 N–H and O–H groups in total. The van der Waals surface area contributed by atoms with Crippen LogP contribution in [-0.2, 0) is 6.54 Å². The van der Waals surface area contributed by atoms with Crippen molar-refractivity contribution in [3.63, 3.8) is 0 Å². The Morgan fingerprint density at radius 2 is 1.80 bits per heavy atom. The van der Waals surface area contributed by atoms with Gasteiger partial charge in [-0.2, -0.15) is 0 Å². The first-order valence-corrected chi connectivity index (χ1v) is 7.11. The maximum Gasteiger partial charge on any atom is 0.107 e. The van der Waals surface area contributed by atoms with Crippen LogP contribution in [-0.4, -0.2) is 9.55 Å². The first-order valence-electron chi connectivity index (χ1n) is 6.73. The molecule has 0 atom stereocenters. The third-order valence-electron chi connectivity index (χ3n) is 3.78. The van der Waals surface area contributed by atoms with Crippen molar-refractivity contribution in [2.24, 2.45) is 0 Å². The van der Waals surface area contributed by atoms with Crippen LogP contribution in [0.5, 0.6) is 0 Å². The van der Waals surface area contributed by atoms with Crippen molar-refractivity contribution in [3.05, 3.63) is 63.9 Å². The van der Waals surface area contributed by atoms with Gasteiger partial charge in [0, 0.05) is 11.6 Å². The monoisotopic (exact) mass is 284 g/mol. The van der Waals surface area contributed by atoms with Crippen molar-refractivity contribution in [3.8, 4) is 0 Å². The topological polar surface area (TPSA) is 17.8 Å². The molecule has 2 nitrogen and oxygen atoms in total. The molecule has 0 aliphatic carbocycles. The van der Waals surface area contributed by atoms with E-state index < -0.39 is 0 Å². The Bertz CT molecular complexity index is 787. The van der Waals surface area contributed by atoms with Crippen LogP contribution >= 0.6 is 11.6 Å². The largest absolute Gasteiger partial charge is 0.324 e. The third-order valence-corrected chi connectivity index (χ3v) is 4.02. The van der Waals surface area contributed by atoms with E-state index in [1.165, 1.54) is 22.2 Å². The molecule has 0 unspecified atom stereocenters. The van der Waals surface area contributed by atoms with Gasteiger partial charge in [0.05, 0.1) is 11.0 Å². The summed E-state index contributed by atoms with van der Waals surface area (Å²) >= 11 is 6.06. The predicted molar refractivity (Wildman–Crippen MR) is 84.5 cm³/mol. The van der Waals surface area contributed by atoms with Crippen LogP contribution in [0.1, 0.15) is 22.5 Å². The van der Waals surface area contributed by atoms with Crippen LogP contribution in [0, 0.1) is 20.8 Å². The molecule has 0 amide bonds. The normalized spacial score (nSPS) is 11.2. The minimum absolute atomic E-state index is 0.775. The maximum absolute atomic E-state index is 6.06. The molecule has 1 aromatic heterocycles. The summed E-state index contributed by atoms with van der Waals surface area (Å²) in [5, 5.41) is 0.775. The summed E-state index contributed by atoms with van der Waals surface area (Å²) < 4.78 is 2.24. The first-order chi connectivity index (χ1) is 9.54. The van der Waals surface area contributed by atoms with Gasteiger partial charge in [0.1, 0.15) is 5.82 Å². The maximum atomic E-state index is 6.06. The molecule has 0 aliphatic heterocycles. The van der Waals surface area contributed by atoms with E-state index in [1.54, 1.807) is 0 Å². The van der Waals surface area contributed by atoms with Gasteiger partial charge in [-0.15, -0.1) is 0 Å². The molecule has 0 spiro atoms. The fourth-order valence-corrected chi connectivity index (χ4v) is 2.73. The van der Waals surface area contributed by atoms with Crippen molar-refractivity contribution >= 4 is 22.6 Å². The Morgan fingerprint density at radius 1 is 1.05 bits per heavy atom. The van der Waals surface area contributed by atoms with Crippen LogP contribution in [0.2, 0.25) is 5.02 Å². The molecule has 102 valence electrons. The number of nitrogens with zero attached hydrogens (tertiary/aromatic N) is 2. The van der Waals surface area contributed by atoms with Crippen LogP contribution < -0.4 is 0 Å². The number of fused-ring (bicyclic) bond motifs is 1. The molecule has 3 heteroatoms. The van der Waals surface area contributed by atoms with Crippen molar-refractivity contribution in [2.45, 2.75) is 27.3 Å². The number of benzene rings is 2. The van der Waals surface area contributed by atoms with E-state index >= 15 is 0 Å². The van der Waals surface area contributed by atoms with E-state index in [1.807, 2.05) is 18.2 Å². The van der Waals surface area contributed by atoms with E-state index in [0.29, 0.717) is 0 Å². The number of rotatable bonds is 2. The lowest BCUT2D eigenvalue weighted by Crippen LogP contribution is -2.02. The smallest absolute Gasteiger partial charge is 0.107 e. The Labute approximate surface area is 124 Å². The Kier molecular flexibility index (Phi) is 3.27. The first kappa shape index (κ1) is 13.2. The highest BCUT2D eigenvalue weighted by molar-refractivity contribution is 6.30. The fourth-order valence-electron chi connectivity index (χ4n) is 2.52. The Hall–Kier alpha value is -1.80. The molecule has 0 saturated carbocycles. The minimum atomic E-state index is 0.775. The van der Waals surface area contributed by atoms with Gasteiger partial charge < -0.3 is 4.57 Å². The standard InChI is InChI=1S/C17H17ClN2/c1-11-7-16-17(8-12(11)2)20(13(3)19-16)10-14-5-4-6-15(18)9-14/h4-9H,10H2,1-3H3. The number of hydrogen-bond acceptors (Lipinski definition) is 1. The van der Waals surface area contributed by atoms with Gasteiger partial charge in [-0.3, -0.25) is 0 Å². The molecule has 0 radical (unpaired) electrons. The SMILES string of the molecule is Cc1cc2nc(C)n(Cc3cccc(Cl)c3)c2cc1C. The van der Waals surface area contributed by atoms with Gasteiger partial charge in [0.2, 0.25) is 0 Å². The number of halogens is 1. The zero-order valence-electron chi connectivity index (χ0n) is 11.9. The zero-order chi connectivity index (χ0) is 14.3. The molecule has 0 bridgehead atoms. The fraction of sp³-hybridized carbons (Fsp3) is 0.235. The number of hydrogen-bond donors (Lipinski definition) is 0. The zero-order valence-corrected chi connectivity index (χ0v) is 12.7. The molecule has 2 aromatic carbocycles. The highest BCUT2D eigenvalue weighted by atomic mass is 35.5. The number of imidazole rings is 1. The van der Waals surface area contributed by atoms with Crippen molar-refractivity contribution < 1.29 is 0 Å². The van der Waals surface area contributed by atoms with Crippen molar-refractivity contribution in [1.82, 2.24) is 9.55 Å². The van der Waals surface area contributed by atoms with Gasteiger partial charge in [-0.05, 0) is 61.7 Å². The summed E-state index contributed by atoms with van der Waals surface area (Å²) in [6.45, 7) is 7.11. The van der Waals surface area contributed by atoms with Crippen LogP contribution in [0.4, 0.5) is 0 Å². The third kappa shape index (κ3) is 2.32. The summed E-state index contributed by atoms with van der Waals surface area (Å²) in [7, 11) is 0. The van der Waals surface area contributed by atoms with Crippen molar-refractivity contribution in [2.75, 3.05) is 0 Å². The molecule has 0 aliphatic rings. The van der Waals surface area contributed by atoms with E-state index in [4.69, 9.17) is 11.6 Å². The molecule has 0 saturated heterocycles. The predicted octanol–water partition coefficient (Wildman–Crippen LogP) is 4.66. The van der Waals surface area contributed by atoms with E-state index in [9.17, 15) is 0 Å². The lowest BCUT2D eigenvalue weighted by molar-refractivity contribution is 0.786. The van der Waals surface area contributed by atoms with Gasteiger partial charge in [0.15, 0.2) is 0 Å². The molecule has 1 heterocycles. The number of aryl methyl sites for hydroxylation is 3. The minimum Gasteiger partial charge on any atom is -0.324 e. The number of aromatic nitrogens is 2. The molecule has 20 heavy (non-hydrogen) atoms. The van der Waals surface area contributed by atoms with Gasteiger partial charge in [-0.25, -0.2) is 4.98 Å². The van der Waals surface area contributed by atoms with Gasteiger partial charge in [-0.1, -0.05) is 23.7 Å². The summed E-state index contributed by atoms with van der Waals surface area (Å²) in [5.41, 5.74) is 6.02. The Balaban J connectivity index is 2.11. The lowest BCUT2D eigenvalue weighted by Gasteiger charge is -2.08. The molecular weight excluding hydrogens is 268 g/mol. The molecular formula is C17H17ClN2. The quantitative estimate of drug-likeness (QED) is 0.669. The highest BCUT2D eigenvalue weighted by Crippen LogP contribution is 2.22. The van der Waals surface area contributed by atoms with Gasteiger partial charge >= 0.3 is 0 Å². The second-order valence-electron chi connectivity index (χ2n) is 5.30. The summed E-state index contributed by atoms with van der Waals surface area (Å²) in [5.74, 6) is 1.03. The van der Waals surface area contributed by atoms with Crippen LogP contribution in [0.15, 0.2) is 36.4 Å². The summed E-state index contributed by atoms with van der Waals surface area (Å²) in [6, 6.07) is 12.4. The van der Waals surface area contributed by atoms with Gasteiger partial charge in [0.25, 0.3) is 0 Å². The van der Waals surface area contributed by atoms with E-state index in [0.717, 1.165) is 22.9 Å². The summed E-state index contributed by atoms with van der Waals surface area (Å²) in [4.78, 5) is 4.66. The second-order valence-corrected chi connectivity index (χ2v) is 5.74. The molecule has 3 rings (SSSR count). The van der Waals surface area contributed by atoms with Crippen LogP contribution in [0.25, 0.3) is 11.0 Å². The Morgan fingerprint density at radius 3 is 2.55 bits per heavy atom. The van der Waals surface area contributed by atoms with E-state index in [2.05, 4.69) is 48.5 Å². The van der Waals surface area contributed by atoms with E-state index in [-0.39, 0.29) is 0 Å².